The van der Waals surface area contributed by atoms with Crippen LogP contribution in [0.4, 0.5) is 15.9 Å². The molecular formula is C29H30ClFN4OS. The van der Waals surface area contributed by atoms with Gasteiger partial charge in [0.25, 0.3) is 0 Å². The molecule has 8 heteroatoms. The first-order valence-corrected chi connectivity index (χ1v) is 14.2. The van der Waals surface area contributed by atoms with Gasteiger partial charge in [-0.25, -0.2) is 14.4 Å². The van der Waals surface area contributed by atoms with E-state index in [-0.39, 0.29) is 12.4 Å². The molecule has 1 atom stereocenters. The van der Waals surface area contributed by atoms with E-state index in [2.05, 4.69) is 20.2 Å². The minimum Gasteiger partial charge on any atom is -0.487 e. The number of ether oxygens (including phenoxy) is 1. The number of hydrogen-bond acceptors (Lipinski definition) is 6. The molecule has 1 aliphatic heterocycles. The van der Waals surface area contributed by atoms with E-state index in [0.717, 1.165) is 46.0 Å². The molecule has 192 valence electrons. The lowest BCUT2D eigenvalue weighted by Gasteiger charge is -2.24. The molecule has 1 unspecified atom stereocenters. The number of hydrogen-bond donors (Lipinski definition) is 1. The van der Waals surface area contributed by atoms with E-state index >= 15 is 0 Å². The van der Waals surface area contributed by atoms with Gasteiger partial charge in [-0.1, -0.05) is 23.7 Å². The summed E-state index contributed by atoms with van der Waals surface area (Å²) in [4.78, 5) is 14.3. The highest BCUT2D eigenvalue weighted by molar-refractivity contribution is 7.19. The molecule has 1 aliphatic carbocycles. The first-order valence-electron chi connectivity index (χ1n) is 13.0. The minimum absolute atomic E-state index is 0.247. The number of fused-ring (bicyclic) bond motifs is 3. The molecule has 3 heterocycles. The standard InChI is InChI=1S/C29H30ClFN4OS/c30-24-16-22(7-9-25(24)36-17-20-4-3-5-21(31)14-20)34-28-27-23-8-6-19(10-13-35-11-1-2-12-35)15-26(23)37-29(27)33-18-32-28/h3-5,7,9,14,16,18-19H,1-2,6,8,10-13,15,17H2,(H,32,33,34). The van der Waals surface area contributed by atoms with Crippen LogP contribution in [0.3, 0.4) is 0 Å². The first-order chi connectivity index (χ1) is 18.1. The highest BCUT2D eigenvalue weighted by atomic mass is 35.5. The zero-order chi connectivity index (χ0) is 25.2. The van der Waals surface area contributed by atoms with Gasteiger partial charge in [-0.3, -0.25) is 0 Å². The van der Waals surface area contributed by atoms with Crippen LogP contribution in [0.1, 0.15) is 41.7 Å². The maximum atomic E-state index is 13.4. The summed E-state index contributed by atoms with van der Waals surface area (Å²) in [6.07, 6.45) is 9.09. The molecule has 0 spiro atoms. The van der Waals surface area contributed by atoms with Crippen LogP contribution in [0.15, 0.2) is 48.8 Å². The van der Waals surface area contributed by atoms with E-state index in [9.17, 15) is 4.39 Å². The van der Waals surface area contributed by atoms with Gasteiger partial charge in [0, 0.05) is 10.6 Å². The van der Waals surface area contributed by atoms with Crippen LogP contribution in [0.5, 0.6) is 5.75 Å². The van der Waals surface area contributed by atoms with Crippen LogP contribution in [0.2, 0.25) is 5.02 Å². The molecule has 1 saturated heterocycles. The number of anilines is 2. The van der Waals surface area contributed by atoms with Gasteiger partial charge in [-0.05, 0) is 106 Å². The van der Waals surface area contributed by atoms with Gasteiger partial charge >= 0.3 is 0 Å². The lowest BCUT2D eigenvalue weighted by molar-refractivity contribution is 0.291. The number of rotatable bonds is 8. The molecule has 0 amide bonds. The molecule has 1 fully saturated rings. The normalized spacial score (nSPS) is 17.7. The van der Waals surface area contributed by atoms with Crippen LogP contribution in [-0.2, 0) is 19.4 Å². The van der Waals surface area contributed by atoms with Gasteiger partial charge < -0.3 is 15.0 Å². The molecule has 2 aromatic heterocycles. The summed E-state index contributed by atoms with van der Waals surface area (Å²) in [5, 5.41) is 5.09. The number of nitrogens with one attached hydrogen (secondary N) is 1. The van der Waals surface area contributed by atoms with Crippen LogP contribution in [-0.4, -0.2) is 34.5 Å². The summed E-state index contributed by atoms with van der Waals surface area (Å²) >= 11 is 8.35. The van der Waals surface area contributed by atoms with Gasteiger partial charge in [-0.2, -0.15) is 0 Å². The summed E-state index contributed by atoms with van der Waals surface area (Å²) in [5.41, 5.74) is 2.99. The second-order valence-corrected chi connectivity index (χ2v) is 11.5. The third kappa shape index (κ3) is 5.59. The van der Waals surface area contributed by atoms with Gasteiger partial charge in [0.15, 0.2) is 0 Å². The number of thiophene rings is 1. The minimum atomic E-state index is -0.281. The van der Waals surface area contributed by atoms with E-state index in [1.807, 2.05) is 35.6 Å². The summed E-state index contributed by atoms with van der Waals surface area (Å²) < 4.78 is 19.3. The molecule has 2 aromatic carbocycles. The molecule has 1 N–H and O–H groups in total. The fourth-order valence-electron chi connectivity index (χ4n) is 5.51. The lowest BCUT2D eigenvalue weighted by Crippen LogP contribution is -2.24. The fourth-order valence-corrected chi connectivity index (χ4v) is 7.05. The van der Waals surface area contributed by atoms with E-state index in [1.54, 1.807) is 12.4 Å². The molecular weight excluding hydrogens is 507 g/mol. The fraction of sp³-hybridized carbons (Fsp3) is 0.379. The maximum Gasteiger partial charge on any atom is 0.142 e. The van der Waals surface area contributed by atoms with Gasteiger partial charge in [0.05, 0.1) is 10.4 Å². The van der Waals surface area contributed by atoms with Crippen molar-refractivity contribution < 1.29 is 9.13 Å². The Morgan fingerprint density at radius 1 is 1.14 bits per heavy atom. The summed E-state index contributed by atoms with van der Waals surface area (Å²) in [5.74, 6) is 1.85. The second kappa shape index (κ2) is 10.9. The zero-order valence-electron chi connectivity index (χ0n) is 20.7. The van der Waals surface area contributed by atoms with Crippen LogP contribution in [0.25, 0.3) is 10.2 Å². The topological polar surface area (TPSA) is 50.3 Å². The van der Waals surface area contributed by atoms with Crippen molar-refractivity contribution in [2.45, 2.75) is 45.1 Å². The Morgan fingerprint density at radius 2 is 2.03 bits per heavy atom. The largest absolute Gasteiger partial charge is 0.487 e. The van der Waals surface area contributed by atoms with Gasteiger partial charge in [0.2, 0.25) is 0 Å². The third-order valence-electron chi connectivity index (χ3n) is 7.48. The van der Waals surface area contributed by atoms with Gasteiger partial charge in [-0.15, -0.1) is 11.3 Å². The average Bonchev–Trinajstić information content (AvgIpc) is 3.55. The van der Waals surface area contributed by atoms with Crippen molar-refractivity contribution in [3.63, 3.8) is 0 Å². The Labute approximate surface area is 225 Å². The predicted octanol–water partition coefficient (Wildman–Crippen LogP) is 7.40. The van der Waals surface area contributed by atoms with Crippen molar-refractivity contribution in [3.05, 3.63) is 75.6 Å². The molecule has 0 bridgehead atoms. The first kappa shape index (κ1) is 24.6. The second-order valence-electron chi connectivity index (χ2n) is 10.0. The Bertz CT molecular complexity index is 1400. The number of aromatic nitrogens is 2. The molecule has 5 nitrogen and oxygen atoms in total. The zero-order valence-corrected chi connectivity index (χ0v) is 22.3. The molecule has 0 saturated carbocycles. The summed E-state index contributed by atoms with van der Waals surface area (Å²) in [7, 11) is 0. The maximum absolute atomic E-state index is 13.4. The van der Waals surface area contributed by atoms with Crippen LogP contribution < -0.4 is 10.1 Å². The predicted molar refractivity (Wildman–Crippen MR) is 149 cm³/mol. The number of halogens is 2. The highest BCUT2D eigenvalue weighted by Crippen LogP contribution is 2.41. The quantitative estimate of drug-likeness (QED) is 0.254. The Morgan fingerprint density at radius 3 is 2.86 bits per heavy atom. The average molecular weight is 537 g/mol. The number of benzene rings is 2. The van der Waals surface area contributed by atoms with E-state index in [1.165, 1.54) is 67.9 Å². The molecule has 4 aromatic rings. The van der Waals surface area contributed by atoms with Crippen molar-refractivity contribution in [1.29, 1.82) is 0 Å². The Balaban J connectivity index is 1.15. The van der Waals surface area contributed by atoms with Crippen molar-refractivity contribution in [2.75, 3.05) is 25.0 Å². The Kier molecular flexibility index (Phi) is 7.27. The number of likely N-dealkylation sites (tertiary alicyclic amines) is 1. The molecule has 6 rings (SSSR count). The van der Waals surface area contributed by atoms with Crippen LogP contribution >= 0.6 is 22.9 Å². The van der Waals surface area contributed by atoms with E-state index in [0.29, 0.717) is 10.8 Å². The summed E-state index contributed by atoms with van der Waals surface area (Å²) in [6, 6.07) is 12.0. The van der Waals surface area contributed by atoms with Crippen LogP contribution in [0, 0.1) is 11.7 Å². The number of nitrogens with zero attached hydrogens (tertiary/aromatic N) is 3. The molecule has 37 heavy (non-hydrogen) atoms. The van der Waals surface area contributed by atoms with E-state index in [4.69, 9.17) is 16.3 Å². The monoisotopic (exact) mass is 536 g/mol. The van der Waals surface area contributed by atoms with Gasteiger partial charge in [0.1, 0.15) is 35.1 Å². The lowest BCUT2D eigenvalue weighted by atomic mass is 9.85. The SMILES string of the molecule is Fc1cccc(COc2ccc(Nc3ncnc4sc5c(c34)CCC(CCN3CCCC3)C5)cc2Cl)c1. The summed E-state index contributed by atoms with van der Waals surface area (Å²) in [6.45, 7) is 4.03. The van der Waals surface area contributed by atoms with Crippen molar-refractivity contribution in [3.8, 4) is 5.75 Å². The smallest absolute Gasteiger partial charge is 0.142 e. The molecule has 0 radical (unpaired) electrons. The highest BCUT2D eigenvalue weighted by Gasteiger charge is 2.26. The third-order valence-corrected chi connectivity index (χ3v) is 8.94. The van der Waals surface area contributed by atoms with Crippen molar-refractivity contribution in [1.82, 2.24) is 14.9 Å². The van der Waals surface area contributed by atoms with E-state index < -0.39 is 0 Å². The van der Waals surface area contributed by atoms with Crippen molar-refractivity contribution in [2.24, 2.45) is 5.92 Å². The number of aryl methyl sites for hydroxylation is 1. The Hall–Kier alpha value is -2.74. The molecule has 2 aliphatic rings. The van der Waals surface area contributed by atoms with Crippen molar-refractivity contribution >= 4 is 44.7 Å².